The van der Waals surface area contributed by atoms with Crippen molar-refractivity contribution in [3.05, 3.63) is 47.9 Å². The standard InChI is InChI=1S/C27H35N5O3/c1-20-28-13-9-24(30-20)31-15-4-10-27(11-16-32(17-12-27)26(34)21-7-8-21)19-35-23-6-3-2-5-22(23)25(33)29-14-18-31/h2-3,5-6,9,13,21H,4,7-8,10-12,14-19H2,1H3,(H,29,33). The molecule has 0 atom stereocenters. The highest BCUT2D eigenvalue weighted by Gasteiger charge is 2.40. The van der Waals surface area contributed by atoms with Gasteiger partial charge in [-0.25, -0.2) is 9.97 Å². The number of ether oxygens (including phenoxy) is 1. The number of para-hydroxylation sites is 1. The summed E-state index contributed by atoms with van der Waals surface area (Å²) in [6.45, 7) is 6.04. The summed E-state index contributed by atoms with van der Waals surface area (Å²) in [6, 6.07) is 9.41. The predicted molar refractivity (Wildman–Crippen MR) is 133 cm³/mol. The van der Waals surface area contributed by atoms with E-state index in [-0.39, 0.29) is 17.2 Å². The number of carbonyl (C=O) groups excluding carboxylic acids is 2. The van der Waals surface area contributed by atoms with Gasteiger partial charge in [0.15, 0.2) is 0 Å². The van der Waals surface area contributed by atoms with Crippen LogP contribution in [0, 0.1) is 18.3 Å². The number of hydrogen-bond acceptors (Lipinski definition) is 6. The van der Waals surface area contributed by atoms with Gasteiger partial charge in [-0.3, -0.25) is 9.59 Å². The number of anilines is 1. The molecule has 1 aromatic carbocycles. The molecule has 2 amide bonds. The third kappa shape index (κ3) is 5.57. The number of carbonyl (C=O) groups is 2. The summed E-state index contributed by atoms with van der Waals surface area (Å²) < 4.78 is 6.35. The van der Waals surface area contributed by atoms with Crippen molar-refractivity contribution >= 4 is 17.6 Å². The van der Waals surface area contributed by atoms with Crippen LogP contribution < -0.4 is 15.0 Å². The van der Waals surface area contributed by atoms with Crippen molar-refractivity contribution < 1.29 is 14.3 Å². The maximum Gasteiger partial charge on any atom is 0.255 e. The summed E-state index contributed by atoms with van der Waals surface area (Å²) in [5.41, 5.74) is 0.540. The Morgan fingerprint density at radius 2 is 1.89 bits per heavy atom. The Bertz CT molecular complexity index is 1060. The van der Waals surface area contributed by atoms with Gasteiger partial charge in [0, 0.05) is 50.3 Å². The van der Waals surface area contributed by atoms with E-state index < -0.39 is 0 Å². The lowest BCUT2D eigenvalue weighted by molar-refractivity contribution is -0.135. The van der Waals surface area contributed by atoms with Crippen LogP contribution in [0.5, 0.6) is 5.75 Å². The molecule has 2 aliphatic heterocycles. The minimum atomic E-state index is -0.127. The van der Waals surface area contributed by atoms with Gasteiger partial charge in [-0.05, 0) is 63.6 Å². The topological polar surface area (TPSA) is 87.7 Å². The normalized spacial score (nSPS) is 21.1. The Morgan fingerprint density at radius 3 is 2.66 bits per heavy atom. The number of aromatic nitrogens is 2. The van der Waals surface area contributed by atoms with E-state index in [0.29, 0.717) is 36.9 Å². The average Bonchev–Trinajstić information content (AvgIpc) is 3.72. The number of likely N-dealkylation sites (tertiary alicyclic amines) is 1. The summed E-state index contributed by atoms with van der Waals surface area (Å²) in [7, 11) is 0. The minimum Gasteiger partial charge on any atom is -0.492 e. The number of benzene rings is 1. The van der Waals surface area contributed by atoms with Crippen molar-refractivity contribution in [1.82, 2.24) is 20.2 Å². The number of hydrogen-bond donors (Lipinski definition) is 1. The Balaban J connectivity index is 1.36. The van der Waals surface area contributed by atoms with E-state index >= 15 is 0 Å². The minimum absolute atomic E-state index is 0.0226. The van der Waals surface area contributed by atoms with Crippen LogP contribution in [0.4, 0.5) is 5.82 Å². The molecule has 2 aromatic rings. The first-order valence-corrected chi connectivity index (χ1v) is 12.9. The van der Waals surface area contributed by atoms with Gasteiger partial charge in [0.05, 0.1) is 12.2 Å². The number of amides is 2. The molecule has 8 heteroatoms. The number of nitrogens with one attached hydrogen (secondary N) is 1. The fraction of sp³-hybridized carbons (Fsp3) is 0.556. The van der Waals surface area contributed by atoms with Crippen molar-refractivity contribution in [2.45, 2.75) is 45.4 Å². The molecule has 3 aliphatic rings. The van der Waals surface area contributed by atoms with Crippen LogP contribution in [-0.4, -0.2) is 66.0 Å². The van der Waals surface area contributed by atoms with Crippen LogP contribution >= 0.6 is 0 Å². The molecule has 5 rings (SSSR count). The van der Waals surface area contributed by atoms with Crippen LogP contribution in [0.2, 0.25) is 0 Å². The lowest BCUT2D eigenvalue weighted by Gasteiger charge is -2.42. The monoisotopic (exact) mass is 477 g/mol. The summed E-state index contributed by atoms with van der Waals surface area (Å²) in [5.74, 6) is 2.72. The summed E-state index contributed by atoms with van der Waals surface area (Å²) >= 11 is 0. The van der Waals surface area contributed by atoms with E-state index in [1.807, 2.05) is 37.3 Å². The van der Waals surface area contributed by atoms with Crippen LogP contribution in [0.25, 0.3) is 0 Å². The zero-order chi connectivity index (χ0) is 24.3. The van der Waals surface area contributed by atoms with Crippen molar-refractivity contribution in [3.8, 4) is 5.75 Å². The number of aryl methyl sites for hydroxylation is 1. The molecule has 3 heterocycles. The van der Waals surface area contributed by atoms with Gasteiger partial charge in [-0.1, -0.05) is 12.1 Å². The second kappa shape index (κ2) is 10.2. The Morgan fingerprint density at radius 1 is 1.09 bits per heavy atom. The number of rotatable bonds is 2. The maximum atomic E-state index is 13.0. The first-order chi connectivity index (χ1) is 17.0. The van der Waals surface area contributed by atoms with Crippen molar-refractivity contribution in [1.29, 1.82) is 0 Å². The first-order valence-electron chi connectivity index (χ1n) is 12.9. The molecule has 1 aromatic heterocycles. The van der Waals surface area contributed by atoms with Gasteiger partial charge >= 0.3 is 0 Å². The zero-order valence-electron chi connectivity index (χ0n) is 20.5. The average molecular weight is 478 g/mol. The molecular weight excluding hydrogens is 442 g/mol. The number of piperidine rings is 1. The van der Waals surface area contributed by atoms with E-state index in [9.17, 15) is 9.59 Å². The quantitative estimate of drug-likeness (QED) is 0.715. The Hall–Kier alpha value is -3.16. The van der Waals surface area contributed by atoms with Gasteiger partial charge < -0.3 is 19.9 Å². The van der Waals surface area contributed by atoms with Crippen molar-refractivity contribution in [2.24, 2.45) is 11.3 Å². The summed E-state index contributed by atoms with van der Waals surface area (Å²) in [6.07, 6.45) is 7.71. The fourth-order valence-electron chi connectivity index (χ4n) is 5.27. The Kier molecular flexibility index (Phi) is 6.88. The molecular formula is C27H35N5O3. The summed E-state index contributed by atoms with van der Waals surface area (Å²) in [5, 5.41) is 3.05. The van der Waals surface area contributed by atoms with Gasteiger partial charge in [-0.15, -0.1) is 0 Å². The van der Waals surface area contributed by atoms with Gasteiger partial charge in [0.25, 0.3) is 5.91 Å². The van der Waals surface area contributed by atoms with Crippen molar-refractivity contribution in [2.75, 3.05) is 44.2 Å². The highest BCUT2D eigenvalue weighted by atomic mass is 16.5. The molecule has 1 saturated carbocycles. The van der Waals surface area contributed by atoms with E-state index in [4.69, 9.17) is 4.74 Å². The highest BCUT2D eigenvalue weighted by Crippen LogP contribution is 2.40. The third-order valence-corrected chi connectivity index (χ3v) is 7.62. The SMILES string of the molecule is Cc1nccc(N2CCCC3(CCN(C(=O)C4CC4)CC3)COc3ccccc3C(=O)NCC2)n1. The molecule has 2 fully saturated rings. The highest BCUT2D eigenvalue weighted by molar-refractivity contribution is 5.96. The van der Waals surface area contributed by atoms with E-state index in [2.05, 4.69) is 25.1 Å². The molecule has 186 valence electrons. The summed E-state index contributed by atoms with van der Waals surface area (Å²) in [4.78, 5) is 38.8. The number of fused-ring (bicyclic) bond motifs is 1. The lowest BCUT2D eigenvalue weighted by atomic mass is 9.75. The molecule has 1 N–H and O–H groups in total. The van der Waals surface area contributed by atoms with E-state index in [0.717, 1.165) is 69.8 Å². The predicted octanol–water partition coefficient (Wildman–Crippen LogP) is 3.21. The third-order valence-electron chi connectivity index (χ3n) is 7.62. The number of nitrogens with zero attached hydrogens (tertiary/aromatic N) is 4. The molecule has 1 aliphatic carbocycles. The van der Waals surface area contributed by atoms with Gasteiger partial charge in [0.2, 0.25) is 5.91 Å². The molecule has 0 unspecified atom stereocenters. The van der Waals surface area contributed by atoms with E-state index in [1.165, 1.54) is 0 Å². The molecule has 0 radical (unpaired) electrons. The van der Waals surface area contributed by atoms with Crippen molar-refractivity contribution in [3.63, 3.8) is 0 Å². The Labute approximate surface area is 207 Å². The van der Waals surface area contributed by atoms with E-state index in [1.54, 1.807) is 6.20 Å². The van der Waals surface area contributed by atoms with Gasteiger partial charge in [0.1, 0.15) is 17.4 Å². The van der Waals surface area contributed by atoms with Gasteiger partial charge in [-0.2, -0.15) is 0 Å². The molecule has 0 bridgehead atoms. The second-order valence-corrected chi connectivity index (χ2v) is 10.2. The first kappa shape index (κ1) is 23.6. The molecule has 1 saturated heterocycles. The van der Waals surface area contributed by atoms with Crippen LogP contribution in [-0.2, 0) is 4.79 Å². The maximum absolute atomic E-state index is 13.0. The second-order valence-electron chi connectivity index (χ2n) is 10.2. The lowest BCUT2D eigenvalue weighted by Crippen LogP contribution is -2.46. The molecule has 1 spiro atoms. The van der Waals surface area contributed by atoms with Crippen LogP contribution in [0.15, 0.2) is 36.5 Å². The molecule has 35 heavy (non-hydrogen) atoms. The smallest absolute Gasteiger partial charge is 0.255 e. The fourth-order valence-corrected chi connectivity index (χ4v) is 5.27. The van der Waals surface area contributed by atoms with Crippen LogP contribution in [0.3, 0.4) is 0 Å². The molecule has 8 nitrogen and oxygen atoms in total. The van der Waals surface area contributed by atoms with Crippen LogP contribution in [0.1, 0.15) is 54.7 Å². The zero-order valence-corrected chi connectivity index (χ0v) is 20.5. The largest absolute Gasteiger partial charge is 0.492 e.